The van der Waals surface area contributed by atoms with Crippen LogP contribution in [0.4, 0.5) is 4.79 Å². The number of nitrogens with zero attached hydrogens (tertiary/aromatic N) is 1. The zero-order valence-corrected chi connectivity index (χ0v) is 16.6. The van der Waals surface area contributed by atoms with E-state index in [9.17, 15) is 9.90 Å². The molecule has 6 fully saturated rings. The average molecular weight is 362 g/mol. The predicted molar refractivity (Wildman–Crippen MR) is 99.6 cm³/mol. The minimum atomic E-state index is -0.549. The lowest BCUT2D eigenvalue weighted by Gasteiger charge is -2.60. The van der Waals surface area contributed by atoms with Gasteiger partial charge in [-0.15, -0.1) is 0 Å². The fourth-order valence-electron chi connectivity index (χ4n) is 7.95. The van der Waals surface area contributed by atoms with Crippen molar-refractivity contribution in [2.45, 2.75) is 102 Å². The van der Waals surface area contributed by atoms with E-state index in [0.29, 0.717) is 5.92 Å². The Morgan fingerprint density at radius 2 is 1.46 bits per heavy atom. The highest BCUT2D eigenvalue weighted by Gasteiger charge is 2.60. The SMILES string of the molecule is CC(C)(C)OC(=O)N1C2CCC1CC(O)(C1C3CC4CC(C3)CC1C4)C2. The summed E-state index contributed by atoms with van der Waals surface area (Å²) in [4.78, 5) is 14.7. The second-order valence-corrected chi connectivity index (χ2v) is 11.2. The summed E-state index contributed by atoms with van der Waals surface area (Å²) in [6.45, 7) is 5.80. The van der Waals surface area contributed by atoms with Gasteiger partial charge in [-0.25, -0.2) is 4.79 Å². The van der Waals surface area contributed by atoms with Gasteiger partial charge in [0.15, 0.2) is 0 Å². The standard InChI is InChI=1S/C22H35NO3/c1-21(2,3)26-20(24)23-17-4-5-18(23)12-22(25,11-17)19-15-7-13-6-14(9-15)10-16(19)8-13/h13-19,25H,4-12H2,1-3H3. The van der Waals surface area contributed by atoms with E-state index >= 15 is 0 Å². The minimum Gasteiger partial charge on any atom is -0.444 e. The Labute approximate surface area is 157 Å². The topological polar surface area (TPSA) is 49.8 Å². The van der Waals surface area contributed by atoms with Crippen LogP contribution in [0.3, 0.4) is 0 Å². The fraction of sp³-hybridized carbons (Fsp3) is 0.955. The Morgan fingerprint density at radius 1 is 0.962 bits per heavy atom. The zero-order chi connectivity index (χ0) is 18.3. The Bertz CT molecular complexity index is 553. The monoisotopic (exact) mass is 361 g/mol. The van der Waals surface area contributed by atoms with Crippen molar-refractivity contribution >= 4 is 6.09 Å². The Hall–Kier alpha value is -0.770. The molecule has 4 saturated carbocycles. The van der Waals surface area contributed by atoms with Gasteiger partial charge in [-0.1, -0.05) is 0 Å². The van der Waals surface area contributed by atoms with Crippen molar-refractivity contribution in [2.24, 2.45) is 29.6 Å². The third-order valence-corrected chi connectivity index (χ3v) is 8.25. The van der Waals surface area contributed by atoms with E-state index in [1.807, 2.05) is 25.7 Å². The quantitative estimate of drug-likeness (QED) is 0.755. The molecule has 4 aliphatic carbocycles. The third-order valence-electron chi connectivity index (χ3n) is 8.25. The molecule has 6 rings (SSSR count). The molecule has 2 heterocycles. The van der Waals surface area contributed by atoms with E-state index in [1.54, 1.807) is 0 Å². The lowest BCUT2D eigenvalue weighted by Crippen LogP contribution is -2.61. The van der Waals surface area contributed by atoms with Crippen LogP contribution in [0, 0.1) is 29.6 Å². The van der Waals surface area contributed by atoms with Gasteiger partial charge in [-0.05, 0) is 108 Å². The Morgan fingerprint density at radius 3 is 1.92 bits per heavy atom. The second-order valence-electron chi connectivity index (χ2n) is 11.2. The number of ether oxygens (including phenoxy) is 1. The first-order valence-corrected chi connectivity index (χ1v) is 11.0. The van der Waals surface area contributed by atoms with Crippen LogP contribution in [0.15, 0.2) is 0 Å². The first-order chi connectivity index (χ1) is 12.2. The van der Waals surface area contributed by atoms with Crippen LogP contribution in [0.25, 0.3) is 0 Å². The molecule has 4 heteroatoms. The molecule has 6 aliphatic rings. The van der Waals surface area contributed by atoms with Crippen LogP contribution in [0.2, 0.25) is 0 Å². The molecular weight excluding hydrogens is 326 g/mol. The average Bonchev–Trinajstić information content (AvgIpc) is 2.77. The summed E-state index contributed by atoms with van der Waals surface area (Å²) >= 11 is 0. The van der Waals surface area contributed by atoms with E-state index in [0.717, 1.165) is 49.4 Å². The van der Waals surface area contributed by atoms with Crippen LogP contribution < -0.4 is 0 Å². The maximum atomic E-state index is 12.7. The van der Waals surface area contributed by atoms with Gasteiger partial charge in [0, 0.05) is 12.1 Å². The number of hydrogen-bond donors (Lipinski definition) is 1. The second kappa shape index (κ2) is 5.62. The van der Waals surface area contributed by atoms with Gasteiger partial charge in [0.05, 0.1) is 5.60 Å². The normalized spacial score (nSPS) is 49.5. The molecule has 6 bridgehead atoms. The van der Waals surface area contributed by atoms with Crippen molar-refractivity contribution in [3.8, 4) is 0 Å². The Balaban J connectivity index is 1.35. The molecule has 0 spiro atoms. The van der Waals surface area contributed by atoms with Crippen molar-refractivity contribution in [1.29, 1.82) is 0 Å². The van der Waals surface area contributed by atoms with Gasteiger partial charge in [0.1, 0.15) is 5.60 Å². The summed E-state index contributed by atoms with van der Waals surface area (Å²) in [7, 11) is 0. The van der Waals surface area contributed by atoms with Crippen molar-refractivity contribution in [3.05, 3.63) is 0 Å². The van der Waals surface area contributed by atoms with E-state index in [1.165, 1.54) is 32.1 Å². The molecule has 2 aliphatic heterocycles. The van der Waals surface area contributed by atoms with Crippen molar-refractivity contribution in [3.63, 3.8) is 0 Å². The molecule has 0 aromatic carbocycles. The van der Waals surface area contributed by atoms with Gasteiger partial charge in [-0.2, -0.15) is 0 Å². The number of aliphatic hydroxyl groups is 1. The van der Waals surface area contributed by atoms with Crippen molar-refractivity contribution < 1.29 is 14.6 Å². The smallest absolute Gasteiger partial charge is 0.410 e. The molecule has 26 heavy (non-hydrogen) atoms. The number of carbonyl (C=O) groups is 1. The van der Waals surface area contributed by atoms with E-state index in [-0.39, 0.29) is 18.2 Å². The van der Waals surface area contributed by atoms with Crippen LogP contribution in [0.5, 0.6) is 0 Å². The lowest BCUT2D eigenvalue weighted by atomic mass is 9.47. The fourth-order valence-corrected chi connectivity index (χ4v) is 7.95. The van der Waals surface area contributed by atoms with E-state index in [4.69, 9.17) is 4.74 Å². The summed E-state index contributed by atoms with van der Waals surface area (Å²) in [6.07, 6.45) is 10.3. The molecule has 1 N–H and O–H groups in total. The van der Waals surface area contributed by atoms with Crippen LogP contribution >= 0.6 is 0 Å². The summed E-state index contributed by atoms with van der Waals surface area (Å²) in [5.74, 6) is 3.85. The van der Waals surface area contributed by atoms with E-state index in [2.05, 4.69) is 0 Å². The number of amides is 1. The molecule has 0 aromatic rings. The molecular formula is C22H35NO3. The lowest BCUT2D eigenvalue weighted by molar-refractivity contribution is -0.170. The van der Waals surface area contributed by atoms with Gasteiger partial charge in [0.25, 0.3) is 0 Å². The van der Waals surface area contributed by atoms with Gasteiger partial charge in [0.2, 0.25) is 0 Å². The molecule has 0 radical (unpaired) electrons. The first-order valence-electron chi connectivity index (χ1n) is 11.0. The van der Waals surface area contributed by atoms with E-state index < -0.39 is 11.2 Å². The van der Waals surface area contributed by atoms with Gasteiger partial charge in [-0.3, -0.25) is 0 Å². The molecule has 2 saturated heterocycles. The summed E-state index contributed by atoms with van der Waals surface area (Å²) in [5, 5.41) is 11.8. The first kappa shape index (κ1) is 17.3. The number of carbonyl (C=O) groups excluding carboxylic acids is 1. The highest BCUT2D eigenvalue weighted by Crippen LogP contribution is 2.61. The summed E-state index contributed by atoms with van der Waals surface area (Å²) in [6, 6.07) is 0.344. The molecule has 0 aromatic heterocycles. The third kappa shape index (κ3) is 2.70. The summed E-state index contributed by atoms with van der Waals surface area (Å²) in [5.41, 5.74) is -1.00. The maximum Gasteiger partial charge on any atom is 0.410 e. The number of rotatable bonds is 1. The molecule has 146 valence electrons. The minimum absolute atomic E-state index is 0.169. The number of piperidine rings is 1. The van der Waals surface area contributed by atoms with Crippen LogP contribution in [-0.4, -0.2) is 39.4 Å². The largest absolute Gasteiger partial charge is 0.444 e. The number of fused-ring (bicyclic) bond motifs is 2. The van der Waals surface area contributed by atoms with Crippen LogP contribution in [0.1, 0.15) is 78.6 Å². The predicted octanol–water partition coefficient (Wildman–Crippen LogP) is 4.35. The molecule has 2 unspecified atom stereocenters. The number of hydrogen-bond acceptors (Lipinski definition) is 3. The summed E-state index contributed by atoms with van der Waals surface area (Å²) < 4.78 is 5.67. The highest BCUT2D eigenvalue weighted by molar-refractivity contribution is 5.69. The molecule has 1 amide bonds. The van der Waals surface area contributed by atoms with Crippen LogP contribution in [-0.2, 0) is 4.74 Å². The Kier molecular flexibility index (Phi) is 3.75. The molecule has 2 atom stereocenters. The van der Waals surface area contributed by atoms with Crippen molar-refractivity contribution in [2.75, 3.05) is 0 Å². The molecule has 4 nitrogen and oxygen atoms in total. The highest BCUT2D eigenvalue weighted by atomic mass is 16.6. The van der Waals surface area contributed by atoms with Gasteiger partial charge >= 0.3 is 6.09 Å². The zero-order valence-electron chi connectivity index (χ0n) is 16.6. The maximum absolute atomic E-state index is 12.7. The van der Waals surface area contributed by atoms with Gasteiger partial charge < -0.3 is 14.7 Å². The van der Waals surface area contributed by atoms with Crippen molar-refractivity contribution in [1.82, 2.24) is 4.90 Å².